The van der Waals surface area contributed by atoms with Crippen LogP contribution in [0.3, 0.4) is 0 Å². The summed E-state index contributed by atoms with van der Waals surface area (Å²) in [6.45, 7) is 2.02. The Balaban J connectivity index is 2.28. The lowest BCUT2D eigenvalue weighted by Gasteiger charge is -2.18. The van der Waals surface area contributed by atoms with E-state index >= 15 is 0 Å². The molecule has 1 unspecified atom stereocenters. The number of benzene rings is 2. The zero-order chi connectivity index (χ0) is 14.7. The molecule has 0 aliphatic carbocycles. The Hall–Kier alpha value is -0.750. The molecule has 0 fully saturated rings. The molecule has 106 valence electrons. The van der Waals surface area contributed by atoms with E-state index in [4.69, 9.17) is 5.84 Å². The molecular formula is C15H15Br2FN2. The molecule has 0 bridgehead atoms. The largest absolute Gasteiger partial charge is 0.271 e. The second-order valence-electron chi connectivity index (χ2n) is 4.67. The Morgan fingerprint density at radius 2 is 1.95 bits per heavy atom. The van der Waals surface area contributed by atoms with Crippen molar-refractivity contribution in [3.05, 3.63) is 67.9 Å². The van der Waals surface area contributed by atoms with Gasteiger partial charge < -0.3 is 0 Å². The Morgan fingerprint density at radius 3 is 2.60 bits per heavy atom. The molecule has 0 aromatic heterocycles. The van der Waals surface area contributed by atoms with Gasteiger partial charge >= 0.3 is 0 Å². The van der Waals surface area contributed by atoms with Crippen LogP contribution in [0.4, 0.5) is 4.39 Å². The predicted octanol–water partition coefficient (Wildman–Crippen LogP) is 4.41. The highest BCUT2D eigenvalue weighted by Crippen LogP contribution is 2.26. The van der Waals surface area contributed by atoms with Gasteiger partial charge in [-0.25, -0.2) is 4.39 Å². The third kappa shape index (κ3) is 3.67. The van der Waals surface area contributed by atoms with Crippen molar-refractivity contribution in [3.8, 4) is 0 Å². The van der Waals surface area contributed by atoms with Gasteiger partial charge in [0.1, 0.15) is 5.82 Å². The van der Waals surface area contributed by atoms with Crippen LogP contribution in [0.15, 0.2) is 45.3 Å². The minimum absolute atomic E-state index is 0.143. The zero-order valence-electron chi connectivity index (χ0n) is 11.0. The molecule has 3 N–H and O–H groups in total. The first kappa shape index (κ1) is 15.6. The van der Waals surface area contributed by atoms with Crippen molar-refractivity contribution >= 4 is 31.9 Å². The number of rotatable bonds is 4. The first-order chi connectivity index (χ1) is 9.51. The van der Waals surface area contributed by atoms with Crippen LogP contribution >= 0.6 is 31.9 Å². The van der Waals surface area contributed by atoms with Crippen LogP contribution in [0, 0.1) is 12.7 Å². The maximum Gasteiger partial charge on any atom is 0.126 e. The molecule has 1 atom stereocenters. The highest BCUT2D eigenvalue weighted by atomic mass is 79.9. The summed E-state index contributed by atoms with van der Waals surface area (Å²) in [7, 11) is 0. The van der Waals surface area contributed by atoms with Crippen LogP contribution in [0.5, 0.6) is 0 Å². The van der Waals surface area contributed by atoms with E-state index in [1.54, 1.807) is 12.1 Å². The standard InChI is InChI=1S/C15H15Br2FN2/c1-9-2-3-10(7-13(9)17)15(20-19)8-11-6-12(16)4-5-14(11)18/h2-7,15,20H,8,19H2,1H3. The van der Waals surface area contributed by atoms with E-state index in [9.17, 15) is 4.39 Å². The van der Waals surface area contributed by atoms with E-state index in [0.717, 1.165) is 20.1 Å². The Bertz CT molecular complexity index is 617. The molecule has 0 saturated carbocycles. The summed E-state index contributed by atoms with van der Waals surface area (Å²) >= 11 is 6.86. The van der Waals surface area contributed by atoms with Gasteiger partial charge in [0.15, 0.2) is 0 Å². The molecule has 5 heteroatoms. The highest BCUT2D eigenvalue weighted by Gasteiger charge is 2.14. The van der Waals surface area contributed by atoms with Crippen LogP contribution < -0.4 is 11.3 Å². The molecule has 0 aliphatic heterocycles. The number of nitrogens with one attached hydrogen (secondary N) is 1. The number of hydrogen-bond acceptors (Lipinski definition) is 2. The molecule has 0 heterocycles. The molecule has 0 amide bonds. The van der Waals surface area contributed by atoms with E-state index in [1.165, 1.54) is 6.07 Å². The van der Waals surface area contributed by atoms with Crippen LogP contribution in [-0.2, 0) is 6.42 Å². The van der Waals surface area contributed by atoms with E-state index in [-0.39, 0.29) is 11.9 Å². The van der Waals surface area contributed by atoms with Crippen molar-refractivity contribution in [2.75, 3.05) is 0 Å². The van der Waals surface area contributed by atoms with Gasteiger partial charge in [-0.1, -0.05) is 44.0 Å². The fourth-order valence-electron chi connectivity index (χ4n) is 2.02. The van der Waals surface area contributed by atoms with Crippen molar-refractivity contribution in [1.82, 2.24) is 5.43 Å². The van der Waals surface area contributed by atoms with Crippen molar-refractivity contribution in [2.24, 2.45) is 5.84 Å². The maximum absolute atomic E-state index is 13.8. The number of nitrogens with two attached hydrogens (primary N) is 1. The van der Waals surface area contributed by atoms with Gasteiger partial charge in [-0.3, -0.25) is 11.3 Å². The molecule has 0 aliphatic rings. The molecule has 2 nitrogen and oxygen atoms in total. The fourth-order valence-corrected chi connectivity index (χ4v) is 2.82. The van der Waals surface area contributed by atoms with Crippen molar-refractivity contribution in [3.63, 3.8) is 0 Å². The number of aryl methyl sites for hydroxylation is 1. The Kier molecular flexibility index (Phi) is 5.32. The van der Waals surface area contributed by atoms with Gasteiger partial charge in [0.25, 0.3) is 0 Å². The monoisotopic (exact) mass is 400 g/mol. The van der Waals surface area contributed by atoms with Crippen molar-refractivity contribution in [2.45, 2.75) is 19.4 Å². The van der Waals surface area contributed by atoms with Crippen molar-refractivity contribution < 1.29 is 4.39 Å². The SMILES string of the molecule is Cc1ccc(C(Cc2cc(Br)ccc2F)NN)cc1Br. The van der Waals surface area contributed by atoms with Gasteiger partial charge in [0, 0.05) is 8.95 Å². The lowest BCUT2D eigenvalue weighted by atomic mass is 9.98. The topological polar surface area (TPSA) is 38.0 Å². The molecule has 0 spiro atoms. The van der Waals surface area contributed by atoms with Gasteiger partial charge in [0.05, 0.1) is 6.04 Å². The normalized spacial score (nSPS) is 12.4. The molecule has 2 aromatic carbocycles. The summed E-state index contributed by atoms with van der Waals surface area (Å²) in [6, 6.07) is 10.8. The van der Waals surface area contributed by atoms with Crippen LogP contribution in [0.1, 0.15) is 22.7 Å². The molecule has 20 heavy (non-hydrogen) atoms. The summed E-state index contributed by atoms with van der Waals surface area (Å²) in [5, 5.41) is 0. The minimum atomic E-state index is -0.223. The predicted molar refractivity (Wildman–Crippen MR) is 86.7 cm³/mol. The first-order valence-corrected chi connectivity index (χ1v) is 7.76. The Labute approximate surface area is 134 Å². The quantitative estimate of drug-likeness (QED) is 0.588. The van der Waals surface area contributed by atoms with Gasteiger partial charge in [-0.05, 0) is 54.3 Å². The van der Waals surface area contributed by atoms with Crippen LogP contribution in [-0.4, -0.2) is 0 Å². The summed E-state index contributed by atoms with van der Waals surface area (Å²) in [5.74, 6) is 5.41. The number of halogens is 3. The maximum atomic E-state index is 13.8. The average Bonchev–Trinajstić information content (AvgIpc) is 2.43. The molecule has 0 radical (unpaired) electrons. The van der Waals surface area contributed by atoms with Gasteiger partial charge in [-0.15, -0.1) is 0 Å². The second-order valence-corrected chi connectivity index (χ2v) is 6.44. The lowest BCUT2D eigenvalue weighted by molar-refractivity contribution is 0.528. The average molecular weight is 402 g/mol. The summed E-state index contributed by atoms with van der Waals surface area (Å²) in [4.78, 5) is 0. The smallest absolute Gasteiger partial charge is 0.126 e. The molecule has 2 aromatic rings. The van der Waals surface area contributed by atoms with Gasteiger partial charge in [-0.2, -0.15) is 0 Å². The lowest BCUT2D eigenvalue weighted by Crippen LogP contribution is -2.29. The molecule has 2 rings (SSSR count). The fraction of sp³-hybridized carbons (Fsp3) is 0.200. The third-order valence-electron chi connectivity index (χ3n) is 3.23. The van der Waals surface area contributed by atoms with E-state index in [0.29, 0.717) is 12.0 Å². The summed E-state index contributed by atoms with van der Waals surface area (Å²) in [5.41, 5.74) is 5.55. The van der Waals surface area contributed by atoms with E-state index in [1.807, 2.05) is 25.1 Å². The zero-order valence-corrected chi connectivity index (χ0v) is 14.1. The third-order valence-corrected chi connectivity index (χ3v) is 4.58. The van der Waals surface area contributed by atoms with Crippen molar-refractivity contribution in [1.29, 1.82) is 0 Å². The second kappa shape index (κ2) is 6.80. The minimum Gasteiger partial charge on any atom is -0.271 e. The first-order valence-electron chi connectivity index (χ1n) is 6.17. The molecule has 0 saturated heterocycles. The van der Waals surface area contributed by atoms with E-state index in [2.05, 4.69) is 37.3 Å². The summed E-state index contributed by atoms with van der Waals surface area (Å²) in [6.07, 6.45) is 0.483. The van der Waals surface area contributed by atoms with Crippen LogP contribution in [0.2, 0.25) is 0 Å². The van der Waals surface area contributed by atoms with Gasteiger partial charge in [0.2, 0.25) is 0 Å². The number of hydrogen-bond donors (Lipinski definition) is 2. The van der Waals surface area contributed by atoms with E-state index < -0.39 is 0 Å². The highest BCUT2D eigenvalue weighted by molar-refractivity contribution is 9.10. The Morgan fingerprint density at radius 1 is 1.20 bits per heavy atom. The summed E-state index contributed by atoms with van der Waals surface area (Å²) < 4.78 is 15.7. The van der Waals surface area contributed by atoms with Crippen LogP contribution in [0.25, 0.3) is 0 Å². The molecular weight excluding hydrogens is 387 g/mol. The number of hydrazine groups is 1.